The minimum atomic E-state index is 0.125. The van der Waals surface area contributed by atoms with Crippen LogP contribution >= 0.6 is 39.1 Å². The Labute approximate surface area is 143 Å². The van der Waals surface area contributed by atoms with Crippen LogP contribution in [0.25, 0.3) is 0 Å². The maximum absolute atomic E-state index is 6.29. The van der Waals surface area contributed by atoms with Crippen LogP contribution < -0.4 is 10.5 Å². The van der Waals surface area contributed by atoms with E-state index in [0.29, 0.717) is 21.5 Å². The molecule has 0 fully saturated rings. The minimum absolute atomic E-state index is 0.125. The molecule has 0 radical (unpaired) electrons. The van der Waals surface area contributed by atoms with Crippen molar-refractivity contribution in [2.24, 2.45) is 5.73 Å². The molecule has 0 spiro atoms. The molecule has 0 aliphatic carbocycles. The third-order valence-electron chi connectivity index (χ3n) is 3.15. The molecule has 0 aliphatic heterocycles. The fraction of sp³-hybridized carbons (Fsp3) is 0.250. The summed E-state index contributed by atoms with van der Waals surface area (Å²) in [5.74, 6) is 1.37. The van der Waals surface area contributed by atoms with Crippen molar-refractivity contribution in [1.82, 2.24) is 0 Å². The van der Waals surface area contributed by atoms with Crippen LogP contribution in [0, 0.1) is 0 Å². The SMILES string of the molecule is CCC(N)Cc1ccc(Oc2ccc(Cl)cc2Br)cc1Cl. The molecule has 0 saturated heterocycles. The Bertz CT molecular complexity index is 634. The lowest BCUT2D eigenvalue weighted by atomic mass is 10.0. The van der Waals surface area contributed by atoms with Gasteiger partial charge in [0.1, 0.15) is 11.5 Å². The number of benzene rings is 2. The molecule has 0 aliphatic rings. The van der Waals surface area contributed by atoms with Crippen LogP contribution in [-0.4, -0.2) is 6.04 Å². The fourth-order valence-corrected chi connectivity index (χ4v) is 2.88. The second kappa shape index (κ2) is 7.50. The summed E-state index contributed by atoms with van der Waals surface area (Å²) in [6.45, 7) is 2.06. The maximum atomic E-state index is 6.29. The molecule has 1 atom stereocenters. The van der Waals surface area contributed by atoms with Gasteiger partial charge in [0.2, 0.25) is 0 Å². The topological polar surface area (TPSA) is 35.2 Å². The van der Waals surface area contributed by atoms with Crippen molar-refractivity contribution in [2.75, 3.05) is 0 Å². The summed E-state index contributed by atoms with van der Waals surface area (Å²) in [5.41, 5.74) is 7.00. The number of nitrogens with two attached hydrogens (primary N) is 1. The molecule has 0 amide bonds. The molecule has 0 saturated carbocycles. The highest BCUT2D eigenvalue weighted by Gasteiger charge is 2.09. The fourth-order valence-electron chi connectivity index (χ4n) is 1.87. The number of hydrogen-bond acceptors (Lipinski definition) is 2. The van der Waals surface area contributed by atoms with Crippen molar-refractivity contribution in [3.05, 3.63) is 56.5 Å². The standard InChI is InChI=1S/C16H16BrCl2NO/c1-2-12(20)7-10-3-5-13(9-15(10)19)21-16-6-4-11(18)8-14(16)17/h3-6,8-9,12H,2,7,20H2,1H3. The van der Waals surface area contributed by atoms with E-state index in [1.54, 1.807) is 24.3 Å². The smallest absolute Gasteiger partial charge is 0.141 e. The number of rotatable bonds is 5. The Morgan fingerprint density at radius 2 is 1.95 bits per heavy atom. The van der Waals surface area contributed by atoms with Gasteiger partial charge in [-0.15, -0.1) is 0 Å². The summed E-state index contributed by atoms with van der Waals surface area (Å²) >= 11 is 15.6. The molecule has 2 aromatic carbocycles. The third kappa shape index (κ3) is 4.62. The maximum Gasteiger partial charge on any atom is 0.141 e. The molecule has 21 heavy (non-hydrogen) atoms. The van der Waals surface area contributed by atoms with E-state index in [0.717, 1.165) is 22.9 Å². The average molecular weight is 389 g/mol. The monoisotopic (exact) mass is 387 g/mol. The molecule has 1 unspecified atom stereocenters. The predicted molar refractivity (Wildman–Crippen MR) is 92.6 cm³/mol. The Hall–Kier alpha value is -0.740. The zero-order chi connectivity index (χ0) is 15.4. The molecule has 5 heteroatoms. The summed E-state index contributed by atoms with van der Waals surface area (Å²) in [4.78, 5) is 0. The zero-order valence-electron chi connectivity index (χ0n) is 11.6. The quantitative estimate of drug-likeness (QED) is 0.699. The van der Waals surface area contributed by atoms with Crippen molar-refractivity contribution in [2.45, 2.75) is 25.8 Å². The number of halogens is 3. The molecular weight excluding hydrogens is 373 g/mol. The van der Waals surface area contributed by atoms with Crippen LogP contribution in [0.4, 0.5) is 0 Å². The van der Waals surface area contributed by atoms with Crippen molar-refractivity contribution < 1.29 is 4.74 Å². The first-order chi connectivity index (χ1) is 9.99. The van der Waals surface area contributed by atoms with E-state index in [-0.39, 0.29) is 6.04 Å². The van der Waals surface area contributed by atoms with Gasteiger partial charge in [0.25, 0.3) is 0 Å². The number of ether oxygens (including phenoxy) is 1. The van der Waals surface area contributed by atoms with Gasteiger partial charge in [0.05, 0.1) is 4.47 Å². The first-order valence-corrected chi connectivity index (χ1v) is 8.21. The highest BCUT2D eigenvalue weighted by Crippen LogP contribution is 2.33. The molecule has 112 valence electrons. The molecule has 0 aromatic heterocycles. The predicted octanol–water partition coefficient (Wildman–Crippen LogP) is 5.83. The Kier molecular flexibility index (Phi) is 5.94. The van der Waals surface area contributed by atoms with Gasteiger partial charge < -0.3 is 10.5 Å². The van der Waals surface area contributed by atoms with Gasteiger partial charge >= 0.3 is 0 Å². The van der Waals surface area contributed by atoms with E-state index in [4.69, 9.17) is 33.7 Å². The first-order valence-electron chi connectivity index (χ1n) is 6.66. The Morgan fingerprint density at radius 1 is 1.19 bits per heavy atom. The Balaban J connectivity index is 2.16. The molecule has 2 nitrogen and oxygen atoms in total. The van der Waals surface area contributed by atoms with E-state index in [2.05, 4.69) is 22.9 Å². The molecule has 0 heterocycles. The van der Waals surface area contributed by atoms with Gasteiger partial charge in [-0.25, -0.2) is 0 Å². The molecule has 0 bridgehead atoms. The van der Waals surface area contributed by atoms with Crippen molar-refractivity contribution in [3.63, 3.8) is 0 Å². The van der Waals surface area contributed by atoms with Gasteiger partial charge in [-0.1, -0.05) is 36.2 Å². The van der Waals surface area contributed by atoms with Crippen molar-refractivity contribution in [3.8, 4) is 11.5 Å². The van der Waals surface area contributed by atoms with Crippen molar-refractivity contribution >= 4 is 39.1 Å². The lowest BCUT2D eigenvalue weighted by Crippen LogP contribution is -2.21. The highest BCUT2D eigenvalue weighted by molar-refractivity contribution is 9.10. The lowest BCUT2D eigenvalue weighted by molar-refractivity contribution is 0.479. The van der Waals surface area contributed by atoms with Crippen LogP contribution in [0.15, 0.2) is 40.9 Å². The normalized spacial score (nSPS) is 12.2. The molecule has 2 aromatic rings. The zero-order valence-corrected chi connectivity index (χ0v) is 14.7. The highest BCUT2D eigenvalue weighted by atomic mass is 79.9. The van der Waals surface area contributed by atoms with E-state index in [1.807, 2.05) is 12.1 Å². The van der Waals surface area contributed by atoms with Gasteiger partial charge in [0.15, 0.2) is 0 Å². The van der Waals surface area contributed by atoms with Crippen LogP contribution in [0.1, 0.15) is 18.9 Å². The average Bonchev–Trinajstić information content (AvgIpc) is 2.44. The summed E-state index contributed by atoms with van der Waals surface area (Å²) in [7, 11) is 0. The summed E-state index contributed by atoms with van der Waals surface area (Å²) in [6.07, 6.45) is 1.69. The minimum Gasteiger partial charge on any atom is -0.456 e. The molecular formula is C16H16BrCl2NO. The largest absolute Gasteiger partial charge is 0.456 e. The first kappa shape index (κ1) is 16.6. The second-order valence-corrected chi connectivity index (χ2v) is 6.50. The lowest BCUT2D eigenvalue weighted by Gasteiger charge is -2.12. The van der Waals surface area contributed by atoms with E-state index in [9.17, 15) is 0 Å². The molecule has 2 N–H and O–H groups in total. The van der Waals surface area contributed by atoms with Crippen LogP contribution in [-0.2, 0) is 6.42 Å². The van der Waals surface area contributed by atoms with Gasteiger partial charge in [-0.3, -0.25) is 0 Å². The van der Waals surface area contributed by atoms with Crippen LogP contribution in [0.2, 0.25) is 10.0 Å². The van der Waals surface area contributed by atoms with E-state index >= 15 is 0 Å². The van der Waals surface area contributed by atoms with E-state index < -0.39 is 0 Å². The van der Waals surface area contributed by atoms with Crippen LogP contribution in [0.5, 0.6) is 11.5 Å². The number of hydrogen-bond donors (Lipinski definition) is 1. The van der Waals surface area contributed by atoms with Gasteiger partial charge in [-0.05, 0) is 64.7 Å². The summed E-state index contributed by atoms with van der Waals surface area (Å²) in [6, 6.07) is 11.1. The third-order valence-corrected chi connectivity index (χ3v) is 4.36. The molecule has 2 rings (SSSR count). The van der Waals surface area contributed by atoms with E-state index in [1.165, 1.54) is 0 Å². The van der Waals surface area contributed by atoms with Crippen molar-refractivity contribution in [1.29, 1.82) is 0 Å². The van der Waals surface area contributed by atoms with Gasteiger partial charge in [0, 0.05) is 16.1 Å². The summed E-state index contributed by atoms with van der Waals surface area (Å²) < 4.78 is 6.60. The Morgan fingerprint density at radius 3 is 2.57 bits per heavy atom. The van der Waals surface area contributed by atoms with Gasteiger partial charge in [-0.2, -0.15) is 0 Å². The second-order valence-electron chi connectivity index (χ2n) is 4.80. The summed E-state index contributed by atoms with van der Waals surface area (Å²) in [5, 5.41) is 1.32. The van der Waals surface area contributed by atoms with Crippen LogP contribution in [0.3, 0.4) is 0 Å².